The molecule has 3 aliphatic rings. The Kier molecular flexibility index (Phi) is 8.53. The van der Waals surface area contributed by atoms with Crippen LogP contribution in [-0.2, 0) is 23.9 Å². The van der Waals surface area contributed by atoms with Gasteiger partial charge in [0, 0.05) is 18.8 Å². The van der Waals surface area contributed by atoms with Crippen LogP contribution in [0.5, 0.6) is 0 Å². The lowest BCUT2D eigenvalue weighted by atomic mass is 9.93. The lowest BCUT2D eigenvalue weighted by Gasteiger charge is -2.37. The number of ether oxygens (including phenoxy) is 2. The Labute approximate surface area is 222 Å². The van der Waals surface area contributed by atoms with Gasteiger partial charge < -0.3 is 19.3 Å². The van der Waals surface area contributed by atoms with Gasteiger partial charge in [-0.15, -0.1) is 0 Å². The van der Waals surface area contributed by atoms with Crippen molar-refractivity contribution < 1.29 is 23.9 Å². The van der Waals surface area contributed by atoms with E-state index in [1.807, 2.05) is 48.4 Å². The minimum Gasteiger partial charge on any atom is -0.466 e. The van der Waals surface area contributed by atoms with Crippen molar-refractivity contribution in [1.82, 2.24) is 9.80 Å². The summed E-state index contributed by atoms with van der Waals surface area (Å²) in [5, 5.41) is 2.64. The first-order chi connectivity index (χ1) is 17.8. The number of esters is 2. The number of nitrogens with zero attached hydrogens (tertiary/aromatic N) is 3. The Hall–Kier alpha value is -3.33. The average molecular weight is 524 g/mol. The van der Waals surface area contributed by atoms with Crippen molar-refractivity contribution in [3.05, 3.63) is 70.4 Å². The van der Waals surface area contributed by atoms with E-state index in [1.54, 1.807) is 11.8 Å². The molecule has 1 fully saturated rings. The standard InChI is InChI=1S/C28H33N3O5S/c1-5-14-36-27(34)24-19(4)29-28-31(25(24)20-11-9-18(3)10-12-20)22(17-37-28)15-23(32)30-13-7-8-21(16-30)26(33)35-6-2/h5,9-12,17,21,25H,1,6-8,13-16H2,2-4H3. The van der Waals surface area contributed by atoms with Gasteiger partial charge in [0.25, 0.3) is 0 Å². The number of aryl methyl sites for hydroxylation is 1. The molecule has 0 aliphatic carbocycles. The van der Waals surface area contributed by atoms with E-state index in [-0.39, 0.29) is 30.8 Å². The largest absolute Gasteiger partial charge is 0.466 e. The van der Waals surface area contributed by atoms with Gasteiger partial charge in [-0.05, 0) is 44.6 Å². The number of hydrogen-bond acceptors (Lipinski definition) is 8. The third kappa shape index (κ3) is 5.82. The Morgan fingerprint density at radius 3 is 2.65 bits per heavy atom. The molecule has 1 aromatic carbocycles. The molecule has 0 bridgehead atoms. The molecular weight excluding hydrogens is 490 g/mol. The van der Waals surface area contributed by atoms with Crippen molar-refractivity contribution in [3.63, 3.8) is 0 Å². The summed E-state index contributed by atoms with van der Waals surface area (Å²) in [4.78, 5) is 47.3. The fourth-order valence-corrected chi connectivity index (χ4v) is 5.79. The number of carbonyl (C=O) groups excluding carboxylic acids is 3. The molecule has 1 saturated heterocycles. The van der Waals surface area contributed by atoms with Crippen molar-refractivity contribution in [2.75, 3.05) is 26.3 Å². The number of piperidine rings is 1. The zero-order chi connectivity index (χ0) is 26.5. The van der Waals surface area contributed by atoms with Gasteiger partial charge in [-0.25, -0.2) is 9.79 Å². The molecule has 196 valence electrons. The zero-order valence-corrected chi connectivity index (χ0v) is 22.4. The maximum atomic E-state index is 13.4. The number of carbonyl (C=O) groups is 3. The predicted octanol–water partition coefficient (Wildman–Crippen LogP) is 4.49. The van der Waals surface area contributed by atoms with E-state index >= 15 is 0 Å². The quantitative estimate of drug-likeness (QED) is 0.366. The number of fused-ring (bicyclic) bond motifs is 1. The normalized spacial score (nSPS) is 21.2. The van der Waals surface area contributed by atoms with Crippen LogP contribution in [0.25, 0.3) is 0 Å². The number of aliphatic imine (C=N–C) groups is 1. The van der Waals surface area contributed by atoms with Crippen LogP contribution in [0.3, 0.4) is 0 Å². The van der Waals surface area contributed by atoms with Crippen molar-refractivity contribution in [3.8, 4) is 0 Å². The van der Waals surface area contributed by atoms with Gasteiger partial charge in [0.15, 0.2) is 5.17 Å². The van der Waals surface area contributed by atoms with Crippen LogP contribution in [0.1, 0.15) is 50.3 Å². The number of benzene rings is 1. The van der Waals surface area contributed by atoms with Crippen molar-refractivity contribution in [2.24, 2.45) is 10.9 Å². The maximum Gasteiger partial charge on any atom is 0.338 e. The highest BCUT2D eigenvalue weighted by molar-refractivity contribution is 8.16. The Bertz CT molecular complexity index is 1170. The third-order valence-corrected chi connectivity index (χ3v) is 7.56. The summed E-state index contributed by atoms with van der Waals surface area (Å²) in [6.07, 6.45) is 3.15. The second-order valence-electron chi connectivity index (χ2n) is 9.30. The van der Waals surface area contributed by atoms with Crippen LogP contribution in [0, 0.1) is 12.8 Å². The molecule has 2 unspecified atom stereocenters. The van der Waals surface area contributed by atoms with E-state index in [4.69, 9.17) is 14.5 Å². The molecule has 1 aromatic rings. The zero-order valence-electron chi connectivity index (χ0n) is 21.6. The molecule has 37 heavy (non-hydrogen) atoms. The van der Waals surface area contributed by atoms with Crippen LogP contribution in [0.15, 0.2) is 64.3 Å². The molecular formula is C28H33N3O5S. The molecule has 2 atom stereocenters. The average Bonchev–Trinajstić information content (AvgIpc) is 3.28. The molecule has 0 N–H and O–H groups in total. The molecule has 8 nitrogen and oxygen atoms in total. The molecule has 4 rings (SSSR count). The number of amidine groups is 1. The Morgan fingerprint density at radius 1 is 1.19 bits per heavy atom. The fraction of sp³-hybridized carbons (Fsp3) is 0.429. The van der Waals surface area contributed by atoms with Gasteiger partial charge in [0.05, 0.1) is 36.3 Å². The van der Waals surface area contributed by atoms with Crippen LogP contribution >= 0.6 is 11.8 Å². The van der Waals surface area contributed by atoms with E-state index in [0.29, 0.717) is 36.1 Å². The number of allylic oxidation sites excluding steroid dienone is 1. The van der Waals surface area contributed by atoms with Gasteiger partial charge in [0.1, 0.15) is 6.61 Å². The maximum absolute atomic E-state index is 13.4. The SMILES string of the molecule is C=CCOC(=O)C1=C(C)N=C2SC=C(CC(=O)N3CCCC(C(=O)OCC)C3)N2C1c1ccc(C)cc1. The highest BCUT2D eigenvalue weighted by atomic mass is 32.2. The first-order valence-electron chi connectivity index (χ1n) is 12.6. The van der Waals surface area contributed by atoms with Gasteiger partial charge >= 0.3 is 11.9 Å². The summed E-state index contributed by atoms with van der Waals surface area (Å²) in [7, 11) is 0. The summed E-state index contributed by atoms with van der Waals surface area (Å²) < 4.78 is 10.6. The second kappa shape index (κ2) is 11.8. The molecule has 0 radical (unpaired) electrons. The summed E-state index contributed by atoms with van der Waals surface area (Å²) in [5.41, 5.74) is 3.81. The van der Waals surface area contributed by atoms with Gasteiger partial charge in [-0.2, -0.15) is 0 Å². The van der Waals surface area contributed by atoms with E-state index in [9.17, 15) is 14.4 Å². The van der Waals surface area contributed by atoms with Crippen LogP contribution < -0.4 is 0 Å². The molecule has 3 heterocycles. The number of hydrogen-bond donors (Lipinski definition) is 0. The van der Waals surface area contributed by atoms with Crippen molar-refractivity contribution in [2.45, 2.75) is 46.1 Å². The highest BCUT2D eigenvalue weighted by Crippen LogP contribution is 2.45. The second-order valence-corrected chi connectivity index (χ2v) is 10.1. The summed E-state index contributed by atoms with van der Waals surface area (Å²) in [5.74, 6) is -1.06. The monoisotopic (exact) mass is 523 g/mol. The smallest absolute Gasteiger partial charge is 0.338 e. The van der Waals surface area contributed by atoms with E-state index in [0.717, 1.165) is 29.7 Å². The fourth-order valence-electron chi connectivity index (χ4n) is 4.83. The number of rotatable bonds is 8. The predicted molar refractivity (Wildman–Crippen MR) is 143 cm³/mol. The van der Waals surface area contributed by atoms with E-state index < -0.39 is 12.0 Å². The molecule has 1 amide bonds. The molecule has 0 saturated carbocycles. The van der Waals surface area contributed by atoms with Gasteiger partial charge in [-0.3, -0.25) is 9.59 Å². The van der Waals surface area contributed by atoms with Crippen LogP contribution in [0.2, 0.25) is 0 Å². The molecule has 0 spiro atoms. The summed E-state index contributed by atoms with van der Waals surface area (Å²) in [6, 6.07) is 7.52. The summed E-state index contributed by atoms with van der Waals surface area (Å²) >= 11 is 1.44. The van der Waals surface area contributed by atoms with Crippen LogP contribution in [-0.4, -0.2) is 59.1 Å². The highest BCUT2D eigenvalue weighted by Gasteiger charge is 2.41. The van der Waals surface area contributed by atoms with E-state index in [2.05, 4.69) is 6.58 Å². The molecule has 3 aliphatic heterocycles. The first-order valence-corrected chi connectivity index (χ1v) is 13.4. The lowest BCUT2D eigenvalue weighted by molar-refractivity contribution is -0.151. The number of amides is 1. The first kappa shape index (κ1) is 26.7. The lowest BCUT2D eigenvalue weighted by Crippen LogP contribution is -2.44. The van der Waals surface area contributed by atoms with Crippen LogP contribution in [0.4, 0.5) is 0 Å². The Morgan fingerprint density at radius 2 is 1.95 bits per heavy atom. The number of likely N-dealkylation sites (tertiary alicyclic amines) is 1. The Balaban J connectivity index is 1.60. The minimum absolute atomic E-state index is 0.0631. The van der Waals surface area contributed by atoms with Gasteiger partial charge in [-0.1, -0.05) is 54.2 Å². The van der Waals surface area contributed by atoms with Crippen molar-refractivity contribution >= 4 is 34.8 Å². The van der Waals surface area contributed by atoms with Crippen molar-refractivity contribution in [1.29, 1.82) is 0 Å². The number of thioether (sulfide) groups is 1. The summed E-state index contributed by atoms with van der Waals surface area (Å²) in [6.45, 7) is 10.6. The molecule has 9 heteroatoms. The minimum atomic E-state index is -0.479. The third-order valence-electron chi connectivity index (χ3n) is 6.67. The van der Waals surface area contributed by atoms with E-state index in [1.165, 1.54) is 17.8 Å². The van der Waals surface area contributed by atoms with Gasteiger partial charge in [0.2, 0.25) is 5.91 Å². The topological polar surface area (TPSA) is 88.5 Å². The molecule has 0 aromatic heterocycles.